The molecule has 0 atom stereocenters. The number of carbonyl (C=O) groups is 2. The van der Waals surface area contributed by atoms with Gasteiger partial charge in [-0.25, -0.2) is 0 Å². The summed E-state index contributed by atoms with van der Waals surface area (Å²) in [6.07, 6.45) is 3.98. The molecule has 2 aromatic carbocycles. The minimum atomic E-state index is -0.982. The zero-order chi connectivity index (χ0) is 24.6. The van der Waals surface area contributed by atoms with Gasteiger partial charge in [0.2, 0.25) is 0 Å². The lowest BCUT2D eigenvalue weighted by atomic mass is 10.1. The fourth-order valence-electron chi connectivity index (χ4n) is 3.69. The lowest BCUT2D eigenvalue weighted by molar-refractivity contribution is -0.385. The number of para-hydroxylation sites is 1. The number of aromatic nitrogens is 2. The average Bonchev–Trinajstić information content (AvgIpc) is 3.16. The molecule has 0 aliphatic rings. The molecule has 4 rings (SSSR count). The highest BCUT2D eigenvalue weighted by Gasteiger charge is 2.25. The van der Waals surface area contributed by atoms with E-state index in [0.29, 0.717) is 22.0 Å². The molecule has 0 aliphatic heterocycles. The van der Waals surface area contributed by atoms with Gasteiger partial charge in [-0.05, 0) is 18.6 Å². The Hall–Kier alpha value is -3.95. The molecule has 4 aromatic rings. The number of phenolic OH excluding ortho intramolecular Hbond substituents is 1. The molecule has 11 heteroatoms. The van der Waals surface area contributed by atoms with Crippen LogP contribution in [-0.2, 0) is 11.3 Å². The van der Waals surface area contributed by atoms with Crippen LogP contribution in [0.3, 0.4) is 0 Å². The van der Waals surface area contributed by atoms with Gasteiger partial charge in [0.25, 0.3) is 17.4 Å². The summed E-state index contributed by atoms with van der Waals surface area (Å²) in [5.41, 5.74) is 1.43. The number of fused-ring (bicyclic) bond motifs is 1. The molecule has 34 heavy (non-hydrogen) atoms. The summed E-state index contributed by atoms with van der Waals surface area (Å²) in [5.74, 6) is -1.97. The highest BCUT2D eigenvalue weighted by Crippen LogP contribution is 2.32. The minimum absolute atomic E-state index is 0.0350. The van der Waals surface area contributed by atoms with Crippen molar-refractivity contribution in [1.82, 2.24) is 9.55 Å². The molecule has 0 unspecified atom stereocenters. The third-order valence-corrected chi connectivity index (χ3v) is 5.95. The summed E-state index contributed by atoms with van der Waals surface area (Å²) >= 11 is 12.1. The molecular weight excluding hydrogens is 483 g/mol. The molecule has 0 bridgehead atoms. The van der Waals surface area contributed by atoms with Crippen LogP contribution in [0.15, 0.2) is 55.0 Å². The quantitative estimate of drug-likeness (QED) is 0.164. The third-order valence-electron chi connectivity index (χ3n) is 5.37. The lowest BCUT2D eigenvalue weighted by Gasteiger charge is -2.09. The van der Waals surface area contributed by atoms with Crippen LogP contribution in [-0.4, -0.2) is 31.3 Å². The smallest absolute Gasteiger partial charge is 0.296 e. The van der Waals surface area contributed by atoms with Crippen molar-refractivity contribution in [2.24, 2.45) is 0 Å². The van der Waals surface area contributed by atoms with E-state index in [1.165, 1.54) is 30.7 Å². The number of phenols is 1. The van der Waals surface area contributed by atoms with Crippen molar-refractivity contribution in [3.63, 3.8) is 0 Å². The van der Waals surface area contributed by atoms with Crippen molar-refractivity contribution in [1.29, 1.82) is 0 Å². The van der Waals surface area contributed by atoms with E-state index < -0.39 is 16.6 Å². The summed E-state index contributed by atoms with van der Waals surface area (Å²) in [6, 6.07) is 9.27. The van der Waals surface area contributed by atoms with Gasteiger partial charge < -0.3 is 15.0 Å². The lowest BCUT2D eigenvalue weighted by Crippen LogP contribution is -2.23. The van der Waals surface area contributed by atoms with Crippen LogP contribution < -0.4 is 5.32 Å². The number of pyridine rings is 1. The number of halogens is 2. The minimum Gasteiger partial charge on any atom is -0.506 e. The van der Waals surface area contributed by atoms with Crippen molar-refractivity contribution in [3.05, 3.63) is 91.8 Å². The number of anilines is 1. The van der Waals surface area contributed by atoms with Gasteiger partial charge >= 0.3 is 0 Å². The summed E-state index contributed by atoms with van der Waals surface area (Å²) in [5, 5.41) is 24.7. The Kier molecular flexibility index (Phi) is 6.23. The van der Waals surface area contributed by atoms with Crippen molar-refractivity contribution in [2.75, 3.05) is 5.32 Å². The largest absolute Gasteiger partial charge is 0.506 e. The molecule has 2 N–H and O–H groups in total. The first-order valence-electron chi connectivity index (χ1n) is 9.87. The fraction of sp³-hybridized carbons (Fsp3) is 0.0870. The maximum atomic E-state index is 13.1. The van der Waals surface area contributed by atoms with E-state index in [1.54, 1.807) is 35.8 Å². The summed E-state index contributed by atoms with van der Waals surface area (Å²) < 4.78 is 1.57. The first-order chi connectivity index (χ1) is 16.2. The van der Waals surface area contributed by atoms with Crippen LogP contribution in [0.5, 0.6) is 5.75 Å². The van der Waals surface area contributed by atoms with E-state index >= 15 is 0 Å². The molecule has 1 amide bonds. The van der Waals surface area contributed by atoms with Crippen LogP contribution in [0.4, 0.5) is 11.4 Å². The van der Waals surface area contributed by atoms with E-state index in [0.717, 1.165) is 0 Å². The molecule has 0 saturated heterocycles. The monoisotopic (exact) mass is 498 g/mol. The topological polar surface area (TPSA) is 127 Å². The molecule has 9 nitrogen and oxygen atoms in total. The van der Waals surface area contributed by atoms with Gasteiger partial charge in [-0.3, -0.25) is 24.7 Å². The number of Topliss-reactive ketones (excluding diaryl/α,β-unsaturated/α-hetero) is 1. The van der Waals surface area contributed by atoms with Crippen LogP contribution in [0.25, 0.3) is 10.9 Å². The Labute approximate surface area is 202 Å². The zero-order valence-electron chi connectivity index (χ0n) is 17.6. The number of ketones is 1. The molecule has 0 aliphatic carbocycles. The fourth-order valence-corrected chi connectivity index (χ4v) is 4.15. The van der Waals surface area contributed by atoms with Crippen LogP contribution in [0.2, 0.25) is 10.0 Å². The number of aromatic hydroxyl groups is 1. The maximum Gasteiger partial charge on any atom is 0.296 e. The first-order valence-corrected chi connectivity index (χ1v) is 10.6. The highest BCUT2D eigenvalue weighted by molar-refractivity contribution is 6.50. The number of rotatable bonds is 6. The second-order valence-electron chi connectivity index (χ2n) is 7.42. The Balaban J connectivity index is 1.75. The summed E-state index contributed by atoms with van der Waals surface area (Å²) in [7, 11) is 0. The standard InChI is InChI=1S/C23H16Cl2N4O5/c1-12-13(4-2-6-18(12)29(33)34)10-28-11-15(14-5-3-7-19(30)21(14)28)22(31)23(32)27-20-16(24)8-26-9-17(20)25/h2-9,11,30H,10H2,1H3,(H,26,27,32). The van der Waals surface area contributed by atoms with Crippen molar-refractivity contribution < 1.29 is 19.6 Å². The van der Waals surface area contributed by atoms with Crippen LogP contribution in [0, 0.1) is 17.0 Å². The molecule has 0 spiro atoms. The zero-order valence-corrected chi connectivity index (χ0v) is 19.1. The summed E-state index contributed by atoms with van der Waals surface area (Å²) in [4.78, 5) is 40.4. The Morgan fingerprint density at radius 2 is 1.82 bits per heavy atom. The third kappa shape index (κ3) is 4.18. The summed E-state index contributed by atoms with van der Waals surface area (Å²) in [6.45, 7) is 1.75. The Morgan fingerprint density at radius 1 is 1.15 bits per heavy atom. The van der Waals surface area contributed by atoms with E-state index in [4.69, 9.17) is 23.2 Å². The van der Waals surface area contributed by atoms with Gasteiger partial charge in [-0.15, -0.1) is 0 Å². The Morgan fingerprint density at radius 3 is 2.50 bits per heavy atom. The molecule has 0 saturated carbocycles. The van der Waals surface area contributed by atoms with Crippen LogP contribution >= 0.6 is 23.2 Å². The second-order valence-corrected chi connectivity index (χ2v) is 8.24. The van der Waals surface area contributed by atoms with Gasteiger partial charge in [0.1, 0.15) is 5.75 Å². The Bertz CT molecular complexity index is 1460. The molecule has 2 aromatic heterocycles. The van der Waals surface area contributed by atoms with Crippen molar-refractivity contribution in [3.8, 4) is 5.75 Å². The average molecular weight is 499 g/mol. The normalized spacial score (nSPS) is 10.9. The van der Waals surface area contributed by atoms with Crippen molar-refractivity contribution >= 4 is 57.2 Å². The maximum absolute atomic E-state index is 13.1. The number of hydrogen-bond donors (Lipinski definition) is 2. The van der Waals surface area contributed by atoms with Gasteiger partial charge in [0, 0.05) is 42.2 Å². The predicted molar refractivity (Wildman–Crippen MR) is 128 cm³/mol. The molecule has 2 heterocycles. The van der Waals surface area contributed by atoms with Gasteiger partial charge in [0.15, 0.2) is 0 Å². The number of hydrogen-bond acceptors (Lipinski definition) is 6. The SMILES string of the molecule is Cc1c(Cn2cc(C(=O)C(=O)Nc3c(Cl)cncc3Cl)c3cccc(O)c32)cccc1[N+](=O)[O-]. The first kappa shape index (κ1) is 23.2. The number of carbonyl (C=O) groups excluding carboxylic acids is 2. The highest BCUT2D eigenvalue weighted by atomic mass is 35.5. The molecular formula is C23H16Cl2N4O5. The van der Waals surface area contributed by atoms with Crippen molar-refractivity contribution in [2.45, 2.75) is 13.5 Å². The second kappa shape index (κ2) is 9.12. The number of benzene rings is 2. The predicted octanol–water partition coefficient (Wildman–Crippen LogP) is 5.14. The number of nitro benzene ring substituents is 1. The van der Waals surface area contributed by atoms with E-state index in [1.807, 2.05) is 0 Å². The molecule has 0 radical (unpaired) electrons. The molecule has 172 valence electrons. The number of nitro groups is 1. The van der Waals surface area contributed by atoms with Gasteiger partial charge in [0.05, 0.1) is 31.7 Å². The van der Waals surface area contributed by atoms with Crippen LogP contribution in [0.1, 0.15) is 21.5 Å². The van der Waals surface area contributed by atoms with Gasteiger partial charge in [-0.2, -0.15) is 0 Å². The van der Waals surface area contributed by atoms with E-state index in [9.17, 15) is 24.8 Å². The number of amides is 1. The van der Waals surface area contributed by atoms with Gasteiger partial charge in [-0.1, -0.05) is 47.5 Å². The molecule has 0 fully saturated rings. The van der Waals surface area contributed by atoms with E-state index in [2.05, 4.69) is 10.3 Å². The number of nitrogens with one attached hydrogen (secondary N) is 1. The number of nitrogens with zero attached hydrogens (tertiary/aromatic N) is 3. The van der Waals surface area contributed by atoms with E-state index in [-0.39, 0.29) is 39.3 Å².